The molecular weight excluding hydrogens is 426 g/mol. The number of amides is 1. The number of nitro groups is 1. The Morgan fingerprint density at radius 3 is 2.52 bits per heavy atom. The van der Waals surface area contributed by atoms with Gasteiger partial charge in [-0.3, -0.25) is 14.9 Å². The third kappa shape index (κ3) is 6.79. The first-order valence-electron chi connectivity index (χ1n) is 10.0. The summed E-state index contributed by atoms with van der Waals surface area (Å²) in [5.74, 6) is 0.559. The molecule has 0 fully saturated rings. The number of methoxy groups -OCH3 is 1. The van der Waals surface area contributed by atoms with Gasteiger partial charge in [0.2, 0.25) is 0 Å². The van der Waals surface area contributed by atoms with Gasteiger partial charge in [0, 0.05) is 6.07 Å². The van der Waals surface area contributed by atoms with Crippen LogP contribution in [0.4, 0.5) is 5.69 Å². The molecule has 0 aliphatic carbocycles. The van der Waals surface area contributed by atoms with E-state index < -0.39 is 17.4 Å². The molecule has 0 atom stereocenters. The highest BCUT2D eigenvalue weighted by molar-refractivity contribution is 5.83. The number of carbonyl (C=O) groups excluding carboxylic acids is 1. The van der Waals surface area contributed by atoms with Gasteiger partial charge in [-0.25, -0.2) is 5.43 Å². The van der Waals surface area contributed by atoms with Crippen LogP contribution in [0, 0.1) is 17.0 Å². The van der Waals surface area contributed by atoms with E-state index in [1.54, 1.807) is 31.2 Å². The summed E-state index contributed by atoms with van der Waals surface area (Å²) in [7, 11) is 1.54. The summed E-state index contributed by atoms with van der Waals surface area (Å²) in [5.41, 5.74) is 4.55. The molecule has 0 aromatic heterocycles. The van der Waals surface area contributed by atoms with Crippen LogP contribution in [0.1, 0.15) is 16.7 Å². The number of ether oxygens (including phenoxy) is 3. The first kappa shape index (κ1) is 23.3. The predicted octanol–water partition coefficient (Wildman–Crippen LogP) is 4.02. The largest absolute Gasteiger partial charge is 0.493 e. The molecule has 9 nitrogen and oxygen atoms in total. The van der Waals surface area contributed by atoms with E-state index in [9.17, 15) is 14.9 Å². The zero-order valence-corrected chi connectivity index (χ0v) is 18.2. The number of benzene rings is 3. The first-order valence-corrected chi connectivity index (χ1v) is 10.0. The second-order valence-electron chi connectivity index (χ2n) is 6.99. The van der Waals surface area contributed by atoms with E-state index in [1.807, 2.05) is 30.3 Å². The number of hydrogen-bond donors (Lipinski definition) is 1. The maximum absolute atomic E-state index is 12.0. The lowest BCUT2D eigenvalue weighted by molar-refractivity contribution is -0.385. The molecule has 3 aromatic rings. The van der Waals surface area contributed by atoms with Crippen LogP contribution in [-0.4, -0.2) is 30.8 Å². The quantitative estimate of drug-likeness (QED) is 0.284. The van der Waals surface area contributed by atoms with Crippen LogP contribution in [0.2, 0.25) is 0 Å². The average Bonchev–Trinajstić information content (AvgIpc) is 2.82. The highest BCUT2D eigenvalue weighted by Crippen LogP contribution is 2.29. The van der Waals surface area contributed by atoms with Gasteiger partial charge in [-0.2, -0.15) is 5.10 Å². The van der Waals surface area contributed by atoms with E-state index in [1.165, 1.54) is 25.5 Å². The molecule has 0 aliphatic heterocycles. The summed E-state index contributed by atoms with van der Waals surface area (Å²) in [5, 5.41) is 15.0. The van der Waals surface area contributed by atoms with Gasteiger partial charge in [0.25, 0.3) is 5.91 Å². The van der Waals surface area contributed by atoms with Gasteiger partial charge >= 0.3 is 5.69 Å². The van der Waals surface area contributed by atoms with Crippen LogP contribution in [0.5, 0.6) is 17.2 Å². The first-order chi connectivity index (χ1) is 16.0. The van der Waals surface area contributed by atoms with Crippen molar-refractivity contribution in [1.29, 1.82) is 0 Å². The average molecular weight is 449 g/mol. The Hall–Kier alpha value is -4.40. The van der Waals surface area contributed by atoms with E-state index in [4.69, 9.17) is 14.2 Å². The third-order valence-corrected chi connectivity index (χ3v) is 4.50. The maximum atomic E-state index is 12.0. The fourth-order valence-electron chi connectivity index (χ4n) is 2.87. The van der Waals surface area contributed by atoms with Gasteiger partial charge in [0.15, 0.2) is 23.9 Å². The lowest BCUT2D eigenvalue weighted by Gasteiger charge is -2.11. The van der Waals surface area contributed by atoms with Crippen LogP contribution < -0.4 is 19.6 Å². The van der Waals surface area contributed by atoms with Crippen LogP contribution >= 0.6 is 0 Å². The van der Waals surface area contributed by atoms with E-state index in [2.05, 4.69) is 10.5 Å². The van der Waals surface area contributed by atoms with Crippen molar-refractivity contribution in [2.75, 3.05) is 13.7 Å². The number of rotatable bonds is 10. The molecule has 170 valence electrons. The molecule has 0 unspecified atom stereocenters. The zero-order valence-electron chi connectivity index (χ0n) is 18.2. The van der Waals surface area contributed by atoms with E-state index >= 15 is 0 Å². The van der Waals surface area contributed by atoms with Crippen molar-refractivity contribution in [3.63, 3.8) is 0 Å². The Morgan fingerprint density at radius 1 is 1.03 bits per heavy atom. The number of nitrogens with zero attached hydrogens (tertiary/aromatic N) is 2. The van der Waals surface area contributed by atoms with Gasteiger partial charge in [0.1, 0.15) is 6.61 Å². The van der Waals surface area contributed by atoms with Crippen molar-refractivity contribution in [2.24, 2.45) is 5.10 Å². The maximum Gasteiger partial charge on any atom is 0.311 e. The molecule has 3 rings (SSSR count). The third-order valence-electron chi connectivity index (χ3n) is 4.50. The molecule has 0 heterocycles. The van der Waals surface area contributed by atoms with Crippen LogP contribution in [0.25, 0.3) is 0 Å². The number of nitro benzene ring substituents is 1. The highest BCUT2D eigenvalue weighted by atomic mass is 16.6. The summed E-state index contributed by atoms with van der Waals surface area (Å²) in [4.78, 5) is 22.6. The SMILES string of the molecule is COc1cc(/C=N/NC(=O)COc2ccc(C)cc2[N+](=O)[O-])ccc1OCc1ccccc1. The summed E-state index contributed by atoms with van der Waals surface area (Å²) in [6.07, 6.45) is 1.44. The molecule has 0 aliphatic rings. The highest BCUT2D eigenvalue weighted by Gasteiger charge is 2.16. The smallest absolute Gasteiger partial charge is 0.311 e. The van der Waals surface area contributed by atoms with Gasteiger partial charge < -0.3 is 14.2 Å². The monoisotopic (exact) mass is 449 g/mol. The Morgan fingerprint density at radius 2 is 1.79 bits per heavy atom. The molecule has 9 heteroatoms. The van der Waals surface area contributed by atoms with Crippen molar-refractivity contribution < 1.29 is 23.9 Å². The van der Waals surface area contributed by atoms with Crippen LogP contribution in [0.15, 0.2) is 71.8 Å². The molecular formula is C24H23N3O6. The topological polar surface area (TPSA) is 112 Å². The Labute approximate surface area is 190 Å². The van der Waals surface area contributed by atoms with Crippen molar-refractivity contribution in [3.05, 3.63) is 93.5 Å². The van der Waals surface area contributed by atoms with Gasteiger partial charge in [-0.05, 0) is 47.9 Å². The fourth-order valence-corrected chi connectivity index (χ4v) is 2.87. The second kappa shape index (κ2) is 11.3. The molecule has 0 radical (unpaired) electrons. The summed E-state index contributed by atoms with van der Waals surface area (Å²) < 4.78 is 16.5. The number of hydrazone groups is 1. The number of aryl methyl sites for hydroxylation is 1. The van der Waals surface area contributed by atoms with Crippen molar-refractivity contribution in [3.8, 4) is 17.2 Å². The lowest BCUT2D eigenvalue weighted by Crippen LogP contribution is -2.24. The van der Waals surface area contributed by atoms with E-state index in [0.717, 1.165) is 11.1 Å². The second-order valence-corrected chi connectivity index (χ2v) is 6.99. The van der Waals surface area contributed by atoms with Crippen molar-refractivity contribution in [1.82, 2.24) is 5.43 Å². The molecule has 1 N–H and O–H groups in total. The van der Waals surface area contributed by atoms with Crippen molar-refractivity contribution in [2.45, 2.75) is 13.5 Å². The minimum Gasteiger partial charge on any atom is -0.493 e. The molecule has 0 saturated carbocycles. The summed E-state index contributed by atoms with van der Waals surface area (Å²) in [6, 6.07) is 19.5. The molecule has 1 amide bonds. The molecule has 33 heavy (non-hydrogen) atoms. The molecule has 3 aromatic carbocycles. The number of carbonyl (C=O) groups is 1. The zero-order chi connectivity index (χ0) is 23.6. The Kier molecular flexibility index (Phi) is 7.96. The summed E-state index contributed by atoms with van der Waals surface area (Å²) in [6.45, 7) is 1.71. The fraction of sp³-hybridized carbons (Fsp3) is 0.167. The number of nitrogens with one attached hydrogen (secondary N) is 1. The molecule has 0 spiro atoms. The lowest BCUT2D eigenvalue weighted by atomic mass is 10.2. The molecule has 0 saturated heterocycles. The Balaban J connectivity index is 1.54. The number of hydrogen-bond acceptors (Lipinski definition) is 7. The minimum atomic E-state index is -0.559. The summed E-state index contributed by atoms with van der Waals surface area (Å²) >= 11 is 0. The van der Waals surface area contributed by atoms with Crippen molar-refractivity contribution >= 4 is 17.8 Å². The molecule has 0 bridgehead atoms. The Bertz CT molecular complexity index is 1150. The predicted molar refractivity (Wildman–Crippen MR) is 123 cm³/mol. The van der Waals surface area contributed by atoms with Gasteiger partial charge in [0.05, 0.1) is 18.2 Å². The van der Waals surface area contributed by atoms with Crippen LogP contribution in [-0.2, 0) is 11.4 Å². The van der Waals surface area contributed by atoms with Gasteiger partial charge in [-0.1, -0.05) is 36.4 Å². The normalized spacial score (nSPS) is 10.6. The standard InChI is InChI=1S/C24H23N3O6/c1-17-8-10-21(20(12-17)27(29)30)33-16-24(28)26-25-14-19-9-11-22(23(13-19)31-2)32-15-18-6-4-3-5-7-18/h3-14H,15-16H2,1-2H3,(H,26,28)/b25-14+. The minimum absolute atomic E-state index is 0.0144. The van der Waals surface area contributed by atoms with E-state index in [0.29, 0.717) is 23.7 Å². The van der Waals surface area contributed by atoms with Gasteiger partial charge in [-0.15, -0.1) is 0 Å². The van der Waals surface area contributed by atoms with Crippen LogP contribution in [0.3, 0.4) is 0 Å². The van der Waals surface area contributed by atoms with E-state index in [-0.39, 0.29) is 11.4 Å².